The van der Waals surface area contributed by atoms with Gasteiger partial charge in [0.05, 0.1) is 25.4 Å². The van der Waals surface area contributed by atoms with Crippen LogP contribution in [-0.2, 0) is 20.7 Å². The van der Waals surface area contributed by atoms with Gasteiger partial charge < -0.3 is 14.6 Å². The SMILES string of the molecule is CCOC(=O)/C=C/c1ccccc1[C@@H](C)OC[C@H](O)CN1CCC[C@H]1Cc1ccc(Cl)cc1. The molecule has 178 valence electrons. The van der Waals surface area contributed by atoms with Crippen LogP contribution in [-0.4, -0.2) is 54.4 Å². The average Bonchev–Trinajstić information content (AvgIpc) is 3.24. The van der Waals surface area contributed by atoms with E-state index in [0.717, 1.165) is 42.0 Å². The quantitative estimate of drug-likeness (QED) is 0.366. The number of nitrogens with zero attached hydrogens (tertiary/aromatic N) is 1. The Morgan fingerprint density at radius 3 is 2.76 bits per heavy atom. The molecule has 3 atom stereocenters. The maximum absolute atomic E-state index is 11.7. The number of carbonyl (C=O) groups is 1. The van der Waals surface area contributed by atoms with Crippen LogP contribution in [0.15, 0.2) is 54.6 Å². The van der Waals surface area contributed by atoms with Gasteiger partial charge in [0.15, 0.2) is 0 Å². The number of ether oxygens (including phenoxy) is 2. The van der Waals surface area contributed by atoms with Crippen molar-refractivity contribution < 1.29 is 19.4 Å². The van der Waals surface area contributed by atoms with Crippen molar-refractivity contribution in [3.63, 3.8) is 0 Å². The highest BCUT2D eigenvalue weighted by Gasteiger charge is 2.26. The zero-order valence-electron chi connectivity index (χ0n) is 19.5. The molecule has 1 fully saturated rings. The second-order valence-electron chi connectivity index (χ2n) is 8.47. The smallest absolute Gasteiger partial charge is 0.330 e. The second kappa shape index (κ2) is 12.9. The summed E-state index contributed by atoms with van der Waals surface area (Å²) < 4.78 is 11.0. The van der Waals surface area contributed by atoms with Gasteiger partial charge in [0.25, 0.3) is 0 Å². The van der Waals surface area contributed by atoms with E-state index in [0.29, 0.717) is 19.2 Å². The Morgan fingerprint density at radius 2 is 2.00 bits per heavy atom. The van der Waals surface area contributed by atoms with Crippen LogP contribution in [0.3, 0.4) is 0 Å². The van der Waals surface area contributed by atoms with E-state index in [1.807, 2.05) is 43.3 Å². The molecule has 0 spiro atoms. The fraction of sp³-hybridized carbons (Fsp3) is 0.444. The Morgan fingerprint density at radius 1 is 1.24 bits per heavy atom. The van der Waals surface area contributed by atoms with Crippen LogP contribution in [0.25, 0.3) is 6.08 Å². The average molecular weight is 472 g/mol. The van der Waals surface area contributed by atoms with E-state index < -0.39 is 6.10 Å². The molecule has 2 aromatic rings. The van der Waals surface area contributed by atoms with Gasteiger partial charge in [-0.25, -0.2) is 4.79 Å². The van der Waals surface area contributed by atoms with Crippen molar-refractivity contribution in [2.75, 3.05) is 26.3 Å². The summed E-state index contributed by atoms with van der Waals surface area (Å²) in [6.45, 7) is 5.93. The summed E-state index contributed by atoms with van der Waals surface area (Å²) in [5.41, 5.74) is 3.13. The van der Waals surface area contributed by atoms with Gasteiger partial charge in [-0.15, -0.1) is 0 Å². The third-order valence-corrected chi connectivity index (χ3v) is 6.24. The largest absolute Gasteiger partial charge is 0.463 e. The molecule has 0 saturated carbocycles. The Balaban J connectivity index is 1.51. The van der Waals surface area contributed by atoms with Crippen molar-refractivity contribution in [2.45, 2.75) is 51.4 Å². The molecule has 0 aliphatic carbocycles. The van der Waals surface area contributed by atoms with Crippen LogP contribution in [0.2, 0.25) is 5.02 Å². The van der Waals surface area contributed by atoms with Crippen LogP contribution in [0, 0.1) is 0 Å². The van der Waals surface area contributed by atoms with E-state index in [1.54, 1.807) is 13.0 Å². The van der Waals surface area contributed by atoms with Gasteiger partial charge in [0.1, 0.15) is 0 Å². The lowest BCUT2D eigenvalue weighted by atomic mass is 10.0. The first-order chi connectivity index (χ1) is 16.0. The molecule has 0 amide bonds. The first kappa shape index (κ1) is 25.4. The van der Waals surface area contributed by atoms with Crippen molar-refractivity contribution in [3.8, 4) is 0 Å². The van der Waals surface area contributed by atoms with Gasteiger partial charge in [0.2, 0.25) is 0 Å². The lowest BCUT2D eigenvalue weighted by Gasteiger charge is -2.27. The minimum atomic E-state index is -0.569. The fourth-order valence-corrected chi connectivity index (χ4v) is 4.43. The summed E-state index contributed by atoms with van der Waals surface area (Å²) in [5, 5.41) is 11.4. The molecule has 0 unspecified atom stereocenters. The number of hydrogen-bond donors (Lipinski definition) is 1. The number of hydrogen-bond acceptors (Lipinski definition) is 5. The molecule has 1 N–H and O–H groups in total. The number of carbonyl (C=O) groups excluding carboxylic acids is 1. The van der Waals surface area contributed by atoms with Gasteiger partial charge in [-0.3, -0.25) is 4.90 Å². The van der Waals surface area contributed by atoms with Crippen LogP contribution in [0.1, 0.15) is 49.5 Å². The second-order valence-corrected chi connectivity index (χ2v) is 8.90. The predicted molar refractivity (Wildman–Crippen MR) is 132 cm³/mol. The molecule has 1 aliphatic heterocycles. The van der Waals surface area contributed by atoms with Gasteiger partial charge >= 0.3 is 5.97 Å². The van der Waals surface area contributed by atoms with Gasteiger partial charge in [0, 0.05) is 23.7 Å². The number of β-amino-alcohol motifs (C(OH)–C–C–N with tert-alkyl or cyclic N) is 1. The number of aliphatic hydroxyl groups is 1. The highest BCUT2D eigenvalue weighted by Crippen LogP contribution is 2.24. The number of aliphatic hydroxyl groups excluding tert-OH is 1. The van der Waals surface area contributed by atoms with Crippen molar-refractivity contribution in [1.29, 1.82) is 0 Å². The van der Waals surface area contributed by atoms with E-state index in [1.165, 1.54) is 11.6 Å². The Kier molecular flexibility index (Phi) is 9.95. The molecule has 5 nitrogen and oxygen atoms in total. The van der Waals surface area contributed by atoms with E-state index in [4.69, 9.17) is 21.1 Å². The number of esters is 1. The van der Waals surface area contributed by atoms with Crippen molar-refractivity contribution >= 4 is 23.6 Å². The normalized spacial score (nSPS) is 18.5. The maximum Gasteiger partial charge on any atom is 0.330 e. The molecular weight excluding hydrogens is 438 g/mol. The van der Waals surface area contributed by atoms with Crippen molar-refractivity contribution in [3.05, 3.63) is 76.3 Å². The summed E-state index contributed by atoms with van der Waals surface area (Å²) >= 11 is 6.00. The molecular formula is C27H34ClNO4. The molecule has 1 saturated heterocycles. The zero-order chi connectivity index (χ0) is 23.6. The number of likely N-dealkylation sites (tertiary alicyclic amines) is 1. The summed E-state index contributed by atoms with van der Waals surface area (Å²) in [6, 6.07) is 16.2. The minimum Gasteiger partial charge on any atom is -0.463 e. The molecule has 0 aromatic heterocycles. The number of halogens is 1. The summed E-state index contributed by atoms with van der Waals surface area (Å²) in [5.74, 6) is -0.366. The molecule has 6 heteroatoms. The fourth-order valence-electron chi connectivity index (χ4n) is 4.31. The molecule has 1 heterocycles. The van der Waals surface area contributed by atoms with Crippen LogP contribution < -0.4 is 0 Å². The van der Waals surface area contributed by atoms with E-state index >= 15 is 0 Å². The summed E-state index contributed by atoms with van der Waals surface area (Å²) in [6.07, 6.45) is 5.62. The highest BCUT2D eigenvalue weighted by molar-refractivity contribution is 6.30. The first-order valence-corrected chi connectivity index (χ1v) is 12.1. The van der Waals surface area contributed by atoms with Crippen LogP contribution in [0.5, 0.6) is 0 Å². The lowest BCUT2D eigenvalue weighted by Crippen LogP contribution is -2.39. The molecule has 0 radical (unpaired) electrons. The first-order valence-electron chi connectivity index (χ1n) is 11.7. The Hall–Kier alpha value is -2.18. The highest BCUT2D eigenvalue weighted by atomic mass is 35.5. The monoisotopic (exact) mass is 471 g/mol. The Labute approximate surface area is 202 Å². The zero-order valence-corrected chi connectivity index (χ0v) is 20.2. The topological polar surface area (TPSA) is 59.0 Å². The number of rotatable bonds is 11. The number of benzene rings is 2. The molecule has 1 aliphatic rings. The molecule has 3 rings (SSSR count). The standard InChI is InChI=1S/C27H34ClNO4/c1-3-32-27(31)15-12-22-7-4-5-9-26(22)20(2)33-19-25(30)18-29-16-6-8-24(29)17-21-10-13-23(28)14-11-21/h4-5,7,9-15,20,24-25,30H,3,6,8,16-19H2,1-2H3/b15-12+/t20-,24+,25-/m1/s1. The summed E-state index contributed by atoms with van der Waals surface area (Å²) in [7, 11) is 0. The van der Waals surface area contributed by atoms with Crippen LogP contribution in [0.4, 0.5) is 0 Å². The minimum absolute atomic E-state index is 0.217. The van der Waals surface area contributed by atoms with Gasteiger partial charge in [-0.2, -0.15) is 0 Å². The molecule has 33 heavy (non-hydrogen) atoms. The summed E-state index contributed by atoms with van der Waals surface area (Å²) in [4.78, 5) is 14.0. The van der Waals surface area contributed by atoms with E-state index in [2.05, 4.69) is 17.0 Å². The van der Waals surface area contributed by atoms with Gasteiger partial charge in [-0.05, 0) is 74.6 Å². The van der Waals surface area contributed by atoms with Crippen LogP contribution >= 0.6 is 11.6 Å². The maximum atomic E-state index is 11.7. The third-order valence-electron chi connectivity index (χ3n) is 5.99. The molecule has 0 bridgehead atoms. The molecule has 2 aromatic carbocycles. The lowest BCUT2D eigenvalue weighted by molar-refractivity contribution is -0.137. The van der Waals surface area contributed by atoms with E-state index in [9.17, 15) is 9.90 Å². The Bertz CT molecular complexity index is 915. The van der Waals surface area contributed by atoms with Crippen molar-refractivity contribution in [1.82, 2.24) is 4.90 Å². The third kappa shape index (κ3) is 7.97. The van der Waals surface area contributed by atoms with Gasteiger partial charge in [-0.1, -0.05) is 48.0 Å². The van der Waals surface area contributed by atoms with E-state index in [-0.39, 0.29) is 18.7 Å². The van der Waals surface area contributed by atoms with Crippen molar-refractivity contribution in [2.24, 2.45) is 0 Å². The predicted octanol–water partition coefficient (Wildman–Crippen LogP) is 5.06.